The van der Waals surface area contributed by atoms with Gasteiger partial charge >= 0.3 is 5.97 Å². The first-order chi connectivity index (χ1) is 9.93. The zero-order valence-electron chi connectivity index (χ0n) is 11.6. The third-order valence-corrected chi connectivity index (χ3v) is 5.32. The van der Waals surface area contributed by atoms with E-state index in [4.69, 9.17) is 20.5 Å². The fourth-order valence-corrected chi connectivity index (χ4v) is 3.07. The molecule has 0 aliphatic heterocycles. The van der Waals surface area contributed by atoms with E-state index in [9.17, 15) is 13.2 Å². The summed E-state index contributed by atoms with van der Waals surface area (Å²) in [6.07, 6.45) is 0.161. The topological polar surface area (TPSA) is 69.7 Å². The molecule has 1 saturated carbocycles. The molecule has 0 radical (unpaired) electrons. The molecule has 0 spiro atoms. The summed E-state index contributed by atoms with van der Waals surface area (Å²) >= 11 is 5.29. The van der Waals surface area contributed by atoms with Crippen LogP contribution >= 0.6 is 11.6 Å². The van der Waals surface area contributed by atoms with Crippen LogP contribution in [0.3, 0.4) is 0 Å². The molecular formula is C14H17ClO5S. The lowest BCUT2D eigenvalue weighted by molar-refractivity contribution is -0.0351. The van der Waals surface area contributed by atoms with Crippen LogP contribution in [-0.4, -0.2) is 32.3 Å². The fourth-order valence-electron chi connectivity index (χ4n) is 2.24. The molecule has 5 nitrogen and oxygen atoms in total. The number of carbonyl (C=O) groups is 1. The van der Waals surface area contributed by atoms with Crippen molar-refractivity contribution < 1.29 is 22.1 Å². The molecule has 1 aromatic carbocycles. The predicted molar refractivity (Wildman–Crippen MR) is 78.5 cm³/mol. The van der Waals surface area contributed by atoms with Crippen molar-refractivity contribution in [3.8, 4) is 0 Å². The highest BCUT2D eigenvalue weighted by Crippen LogP contribution is 2.38. The summed E-state index contributed by atoms with van der Waals surface area (Å²) in [6, 6.07) is 8.73. The van der Waals surface area contributed by atoms with E-state index >= 15 is 0 Å². The van der Waals surface area contributed by atoms with Gasteiger partial charge in [-0.25, -0.2) is 4.79 Å². The van der Waals surface area contributed by atoms with Gasteiger partial charge in [-0.2, -0.15) is 8.42 Å². The van der Waals surface area contributed by atoms with Crippen molar-refractivity contribution in [2.75, 3.05) is 11.8 Å². The van der Waals surface area contributed by atoms with Gasteiger partial charge in [-0.05, 0) is 24.5 Å². The van der Waals surface area contributed by atoms with Crippen LogP contribution < -0.4 is 0 Å². The lowest BCUT2D eigenvalue weighted by Gasteiger charge is -2.41. The van der Waals surface area contributed by atoms with Crippen molar-refractivity contribution in [1.82, 2.24) is 0 Å². The number of ether oxygens (including phenoxy) is 1. The zero-order chi connectivity index (χ0) is 15.5. The summed E-state index contributed by atoms with van der Waals surface area (Å²) in [5.74, 6) is -0.264. The van der Waals surface area contributed by atoms with Gasteiger partial charge in [0, 0.05) is 5.92 Å². The van der Waals surface area contributed by atoms with E-state index in [1.54, 1.807) is 24.3 Å². The van der Waals surface area contributed by atoms with Crippen LogP contribution in [0.5, 0.6) is 0 Å². The molecule has 1 fully saturated rings. The molecule has 0 saturated heterocycles. The molecule has 0 N–H and O–H groups in total. The molecule has 1 aliphatic rings. The number of esters is 1. The Morgan fingerprint density at radius 3 is 2.57 bits per heavy atom. The van der Waals surface area contributed by atoms with Crippen LogP contribution in [0.1, 0.15) is 23.7 Å². The minimum absolute atomic E-state index is 0.00608. The number of alkyl halides is 1. The molecule has 1 aliphatic carbocycles. The van der Waals surface area contributed by atoms with Gasteiger partial charge in [0.15, 0.2) is 0 Å². The van der Waals surface area contributed by atoms with Gasteiger partial charge < -0.3 is 4.74 Å². The largest absolute Gasteiger partial charge is 0.462 e. The van der Waals surface area contributed by atoms with Gasteiger partial charge in [-0.3, -0.25) is 4.18 Å². The Kier molecular flexibility index (Phi) is 5.24. The van der Waals surface area contributed by atoms with Gasteiger partial charge in [0.05, 0.1) is 18.3 Å². The first kappa shape index (κ1) is 16.3. The maximum Gasteiger partial charge on any atom is 0.338 e. The molecule has 116 valence electrons. The molecule has 1 aromatic rings. The van der Waals surface area contributed by atoms with Crippen LogP contribution in [0, 0.1) is 11.8 Å². The number of rotatable bonds is 6. The highest BCUT2D eigenvalue weighted by atomic mass is 35.5. The molecule has 3 unspecified atom stereocenters. The second kappa shape index (κ2) is 6.77. The highest BCUT2D eigenvalue weighted by molar-refractivity contribution is 7.87. The van der Waals surface area contributed by atoms with E-state index in [0.29, 0.717) is 12.0 Å². The van der Waals surface area contributed by atoms with Crippen molar-refractivity contribution in [2.24, 2.45) is 11.8 Å². The smallest absolute Gasteiger partial charge is 0.338 e. The van der Waals surface area contributed by atoms with Crippen LogP contribution in [0.15, 0.2) is 30.3 Å². The minimum atomic E-state index is -3.65. The SMILES string of the molecule is CC1C(COC(=O)c2ccccc2)CC1OS(=O)(=O)CCl. The summed E-state index contributed by atoms with van der Waals surface area (Å²) in [6.45, 7) is 2.13. The van der Waals surface area contributed by atoms with E-state index < -0.39 is 15.3 Å². The molecule has 7 heteroatoms. The van der Waals surface area contributed by atoms with Crippen LogP contribution in [0.2, 0.25) is 0 Å². The van der Waals surface area contributed by atoms with Gasteiger partial charge in [-0.15, -0.1) is 11.6 Å². The van der Waals surface area contributed by atoms with Gasteiger partial charge in [0.25, 0.3) is 10.1 Å². The number of halogens is 1. The van der Waals surface area contributed by atoms with E-state index in [1.807, 2.05) is 13.0 Å². The number of hydrogen-bond donors (Lipinski definition) is 0. The van der Waals surface area contributed by atoms with Crippen LogP contribution in [0.4, 0.5) is 0 Å². The Balaban J connectivity index is 1.78. The molecule has 0 aromatic heterocycles. The first-order valence-corrected chi connectivity index (χ1v) is 8.73. The summed E-state index contributed by atoms with van der Waals surface area (Å²) in [5.41, 5.74) is 0.502. The van der Waals surface area contributed by atoms with Gasteiger partial charge in [-0.1, -0.05) is 25.1 Å². The minimum Gasteiger partial charge on any atom is -0.462 e. The Morgan fingerprint density at radius 1 is 1.33 bits per heavy atom. The fraction of sp³-hybridized carbons (Fsp3) is 0.500. The molecule has 0 heterocycles. The van der Waals surface area contributed by atoms with Crippen molar-refractivity contribution in [2.45, 2.75) is 19.4 Å². The number of benzene rings is 1. The van der Waals surface area contributed by atoms with Crippen LogP contribution in [-0.2, 0) is 19.0 Å². The number of hydrogen-bond acceptors (Lipinski definition) is 5. The van der Waals surface area contributed by atoms with Crippen molar-refractivity contribution in [3.05, 3.63) is 35.9 Å². The van der Waals surface area contributed by atoms with Crippen molar-refractivity contribution in [1.29, 1.82) is 0 Å². The van der Waals surface area contributed by atoms with Crippen molar-refractivity contribution >= 4 is 27.7 Å². The monoisotopic (exact) mass is 332 g/mol. The summed E-state index contributed by atoms with van der Waals surface area (Å²) in [5, 5.41) is -0.552. The highest BCUT2D eigenvalue weighted by Gasteiger charge is 2.41. The summed E-state index contributed by atoms with van der Waals surface area (Å²) in [7, 11) is -3.65. The summed E-state index contributed by atoms with van der Waals surface area (Å²) in [4.78, 5) is 11.8. The first-order valence-electron chi connectivity index (χ1n) is 6.62. The molecule has 0 amide bonds. The molecule has 2 rings (SSSR count). The molecule has 21 heavy (non-hydrogen) atoms. The Bertz CT molecular complexity index is 587. The third kappa shape index (κ3) is 4.18. The van der Waals surface area contributed by atoms with E-state index in [2.05, 4.69) is 0 Å². The summed E-state index contributed by atoms with van der Waals surface area (Å²) < 4.78 is 32.7. The maximum absolute atomic E-state index is 11.8. The molecular weight excluding hydrogens is 316 g/mol. The Labute approximate surface area is 129 Å². The van der Waals surface area contributed by atoms with E-state index in [0.717, 1.165) is 0 Å². The van der Waals surface area contributed by atoms with Crippen molar-refractivity contribution in [3.63, 3.8) is 0 Å². The Morgan fingerprint density at radius 2 is 2.00 bits per heavy atom. The van der Waals surface area contributed by atoms with Gasteiger partial charge in [0.1, 0.15) is 5.21 Å². The third-order valence-electron chi connectivity index (χ3n) is 3.71. The standard InChI is InChI=1S/C14H17ClO5S/c1-10-12(7-13(10)20-21(17,18)9-15)8-19-14(16)11-5-3-2-4-6-11/h2-6,10,12-13H,7-9H2,1H3. The normalized spacial score (nSPS) is 25.1. The quantitative estimate of drug-likeness (QED) is 0.454. The van der Waals surface area contributed by atoms with E-state index in [1.165, 1.54) is 0 Å². The number of carbonyl (C=O) groups excluding carboxylic acids is 1. The molecule has 3 atom stereocenters. The zero-order valence-corrected chi connectivity index (χ0v) is 13.1. The Hall–Kier alpha value is -1.11. The predicted octanol–water partition coefficient (Wildman–Crippen LogP) is 2.41. The average molecular weight is 333 g/mol. The second-order valence-corrected chi connectivity index (χ2v) is 7.30. The average Bonchev–Trinajstić information content (AvgIpc) is 2.50. The van der Waals surface area contributed by atoms with Gasteiger partial charge in [0.2, 0.25) is 0 Å². The lowest BCUT2D eigenvalue weighted by atomic mass is 9.73. The van der Waals surface area contributed by atoms with Crippen LogP contribution in [0.25, 0.3) is 0 Å². The van der Waals surface area contributed by atoms with E-state index in [-0.39, 0.29) is 30.5 Å². The maximum atomic E-state index is 11.8. The lowest BCUT2D eigenvalue weighted by Crippen LogP contribution is -2.45. The molecule has 0 bridgehead atoms. The second-order valence-electron chi connectivity index (χ2n) is 5.12.